The number of aromatic nitrogens is 2. The number of oxazole rings is 1. The van der Waals surface area contributed by atoms with Crippen LogP contribution >= 0.6 is 0 Å². The fourth-order valence-electron chi connectivity index (χ4n) is 3.09. The second kappa shape index (κ2) is 8.35. The topological polar surface area (TPSA) is 89.4 Å². The summed E-state index contributed by atoms with van der Waals surface area (Å²) in [5.41, 5.74) is -0.666. The van der Waals surface area contributed by atoms with E-state index < -0.39 is 39.2 Å². The van der Waals surface area contributed by atoms with Gasteiger partial charge in [0.2, 0.25) is 0 Å². The zero-order valence-corrected chi connectivity index (χ0v) is 17.7. The highest BCUT2D eigenvalue weighted by Crippen LogP contribution is 2.34. The summed E-state index contributed by atoms with van der Waals surface area (Å²) >= 11 is 0. The minimum Gasteiger partial charge on any atom is -0.431 e. The largest absolute Gasteiger partial charge is 0.431 e. The van der Waals surface area contributed by atoms with Crippen molar-refractivity contribution in [2.24, 2.45) is 0 Å². The first-order valence-electron chi connectivity index (χ1n) is 9.47. The van der Waals surface area contributed by atoms with Crippen molar-refractivity contribution in [3.8, 4) is 22.5 Å². The average Bonchev–Trinajstić information content (AvgIpc) is 3.46. The molecule has 0 radical (unpaired) electrons. The molecule has 2 aromatic heterocycles. The molecule has 172 valence electrons. The van der Waals surface area contributed by atoms with Gasteiger partial charge in [-0.3, -0.25) is 0 Å². The number of rotatable bonds is 6. The molecular weight excluding hydrogens is 466 g/mol. The standard InChI is InChI=1S/C21H15F4N3O4S/c1-2-28(33(29,30)15-6-3-13(4-7-15)18-9-10-32-27-18)20-26-19(12-31-20)16-11-14(21(23,24)25)5-8-17(16)22/h3-12H,2H2,1H3. The smallest absolute Gasteiger partial charge is 0.416 e. The molecule has 0 amide bonds. The molecule has 0 N–H and O–H groups in total. The molecule has 0 aliphatic carbocycles. The lowest BCUT2D eigenvalue weighted by Gasteiger charge is -2.18. The third-order valence-corrected chi connectivity index (χ3v) is 6.60. The van der Waals surface area contributed by atoms with E-state index in [0.717, 1.165) is 10.6 Å². The summed E-state index contributed by atoms with van der Waals surface area (Å²) in [6.07, 6.45) is -2.40. The summed E-state index contributed by atoms with van der Waals surface area (Å²) in [5, 5.41) is 3.78. The van der Waals surface area contributed by atoms with Gasteiger partial charge in [-0.1, -0.05) is 17.3 Å². The number of hydrogen-bond donors (Lipinski definition) is 0. The molecular formula is C21H15F4N3O4S. The summed E-state index contributed by atoms with van der Waals surface area (Å²) in [4.78, 5) is 3.85. The van der Waals surface area contributed by atoms with Crippen LogP contribution in [0.4, 0.5) is 23.6 Å². The van der Waals surface area contributed by atoms with Gasteiger partial charge in [0.25, 0.3) is 10.0 Å². The molecule has 2 heterocycles. The number of hydrogen-bond acceptors (Lipinski definition) is 6. The van der Waals surface area contributed by atoms with Gasteiger partial charge < -0.3 is 8.94 Å². The molecule has 4 rings (SSSR count). The summed E-state index contributed by atoms with van der Waals surface area (Å²) in [6, 6.07) is 8.85. The summed E-state index contributed by atoms with van der Waals surface area (Å²) in [6.45, 7) is 1.43. The van der Waals surface area contributed by atoms with Gasteiger partial charge in [-0.05, 0) is 37.3 Å². The number of sulfonamides is 1. The van der Waals surface area contributed by atoms with Crippen molar-refractivity contribution in [2.45, 2.75) is 18.0 Å². The van der Waals surface area contributed by atoms with E-state index in [9.17, 15) is 26.0 Å². The first-order chi connectivity index (χ1) is 15.6. The Morgan fingerprint density at radius 3 is 2.36 bits per heavy atom. The van der Waals surface area contributed by atoms with E-state index in [4.69, 9.17) is 8.94 Å². The third-order valence-electron chi connectivity index (χ3n) is 4.74. The predicted octanol–water partition coefficient (Wildman–Crippen LogP) is 5.37. The number of nitrogens with zero attached hydrogens (tertiary/aromatic N) is 3. The van der Waals surface area contributed by atoms with Crippen molar-refractivity contribution in [3.05, 3.63) is 72.4 Å². The summed E-state index contributed by atoms with van der Waals surface area (Å²) in [7, 11) is -4.14. The molecule has 33 heavy (non-hydrogen) atoms. The van der Waals surface area contributed by atoms with Crippen LogP contribution in [-0.4, -0.2) is 25.1 Å². The molecule has 12 heteroatoms. The first-order valence-corrected chi connectivity index (χ1v) is 10.9. The van der Waals surface area contributed by atoms with Crippen molar-refractivity contribution >= 4 is 16.0 Å². The van der Waals surface area contributed by atoms with Crippen molar-refractivity contribution in [2.75, 3.05) is 10.8 Å². The predicted molar refractivity (Wildman–Crippen MR) is 109 cm³/mol. The molecule has 0 fully saturated rings. The quantitative estimate of drug-likeness (QED) is 0.344. The number of halogens is 4. The lowest BCUT2D eigenvalue weighted by atomic mass is 10.1. The maximum absolute atomic E-state index is 14.2. The lowest BCUT2D eigenvalue weighted by molar-refractivity contribution is -0.137. The third kappa shape index (κ3) is 4.33. The van der Waals surface area contributed by atoms with Gasteiger partial charge in [0.15, 0.2) is 0 Å². The van der Waals surface area contributed by atoms with Crippen LogP contribution in [0.15, 0.2) is 74.9 Å². The van der Waals surface area contributed by atoms with Crippen LogP contribution in [0, 0.1) is 5.82 Å². The van der Waals surface area contributed by atoms with Gasteiger partial charge in [-0.25, -0.2) is 17.1 Å². The van der Waals surface area contributed by atoms with Crippen LogP contribution in [0.5, 0.6) is 0 Å². The van der Waals surface area contributed by atoms with Crippen molar-refractivity contribution in [3.63, 3.8) is 0 Å². The van der Waals surface area contributed by atoms with Crippen LogP contribution in [0.2, 0.25) is 0 Å². The van der Waals surface area contributed by atoms with Crippen LogP contribution in [0.25, 0.3) is 22.5 Å². The molecule has 2 aromatic carbocycles. The minimum absolute atomic E-state index is 0.0819. The molecule has 0 saturated carbocycles. The molecule has 4 aromatic rings. The zero-order valence-electron chi connectivity index (χ0n) is 16.9. The van der Waals surface area contributed by atoms with E-state index >= 15 is 0 Å². The van der Waals surface area contributed by atoms with Crippen molar-refractivity contribution in [1.29, 1.82) is 0 Å². The molecule has 0 atom stereocenters. The normalized spacial score (nSPS) is 12.2. The monoisotopic (exact) mass is 481 g/mol. The van der Waals surface area contributed by atoms with Gasteiger partial charge in [-0.2, -0.15) is 18.2 Å². The van der Waals surface area contributed by atoms with E-state index in [2.05, 4.69) is 10.1 Å². The second-order valence-electron chi connectivity index (χ2n) is 6.79. The molecule has 0 aliphatic rings. The van der Waals surface area contributed by atoms with Crippen molar-refractivity contribution < 1.29 is 34.9 Å². The molecule has 0 unspecified atom stereocenters. The Bertz CT molecular complexity index is 1370. The Balaban J connectivity index is 1.67. The highest BCUT2D eigenvalue weighted by molar-refractivity contribution is 7.92. The summed E-state index contributed by atoms with van der Waals surface area (Å²) < 4.78 is 90.3. The maximum Gasteiger partial charge on any atom is 0.416 e. The second-order valence-corrected chi connectivity index (χ2v) is 8.65. The molecule has 0 spiro atoms. The van der Waals surface area contributed by atoms with Crippen LogP contribution in [0.3, 0.4) is 0 Å². The minimum atomic E-state index is -4.69. The van der Waals surface area contributed by atoms with Crippen molar-refractivity contribution in [1.82, 2.24) is 10.1 Å². The average molecular weight is 481 g/mol. The Labute approximate surface area is 185 Å². The fraction of sp³-hybridized carbons (Fsp3) is 0.143. The van der Waals surface area contributed by atoms with E-state index in [0.29, 0.717) is 29.5 Å². The van der Waals surface area contributed by atoms with E-state index in [-0.39, 0.29) is 17.1 Å². The number of alkyl halides is 3. The highest BCUT2D eigenvalue weighted by atomic mass is 32.2. The van der Waals surface area contributed by atoms with E-state index in [1.54, 1.807) is 6.07 Å². The molecule has 7 nitrogen and oxygen atoms in total. The van der Waals surface area contributed by atoms with Gasteiger partial charge in [0.1, 0.15) is 29.7 Å². The first kappa shape index (κ1) is 22.5. The van der Waals surface area contributed by atoms with Crippen LogP contribution in [-0.2, 0) is 16.2 Å². The highest BCUT2D eigenvalue weighted by Gasteiger charge is 2.32. The summed E-state index contributed by atoms with van der Waals surface area (Å²) in [5.74, 6) is -0.961. The Morgan fingerprint density at radius 1 is 1.03 bits per heavy atom. The maximum atomic E-state index is 14.2. The molecule has 0 aliphatic heterocycles. The lowest BCUT2D eigenvalue weighted by Crippen LogP contribution is -2.31. The zero-order chi connectivity index (χ0) is 23.8. The van der Waals surface area contributed by atoms with E-state index in [1.807, 2.05) is 0 Å². The SMILES string of the molecule is CCN(c1nc(-c2cc(C(F)(F)F)ccc2F)co1)S(=O)(=O)c1ccc(-c2ccon2)cc1. The number of benzene rings is 2. The molecule has 0 saturated heterocycles. The number of anilines is 1. The van der Waals surface area contributed by atoms with Gasteiger partial charge in [0.05, 0.1) is 10.5 Å². The Kier molecular flexibility index (Phi) is 5.70. The van der Waals surface area contributed by atoms with Crippen LogP contribution < -0.4 is 4.31 Å². The fourth-order valence-corrected chi connectivity index (χ4v) is 4.46. The Morgan fingerprint density at radius 2 is 1.76 bits per heavy atom. The van der Waals surface area contributed by atoms with Gasteiger partial charge in [0, 0.05) is 23.7 Å². The van der Waals surface area contributed by atoms with E-state index in [1.165, 1.54) is 37.5 Å². The van der Waals surface area contributed by atoms with Crippen LogP contribution in [0.1, 0.15) is 12.5 Å². The molecule has 0 bridgehead atoms. The Hall–Kier alpha value is -3.67. The van der Waals surface area contributed by atoms with Gasteiger partial charge in [-0.15, -0.1) is 0 Å². The van der Waals surface area contributed by atoms with Gasteiger partial charge >= 0.3 is 12.2 Å².